The molecular weight excluding hydrogens is 228 g/mol. The fraction of sp³-hybridized carbons (Fsp3) is 0.429. The zero-order valence-corrected chi connectivity index (χ0v) is 10.6. The number of quaternary nitrogens is 1. The Morgan fingerprint density at radius 3 is 2.83 bits per heavy atom. The molecule has 4 heteroatoms. The number of hydrogen-bond acceptors (Lipinski definition) is 3. The van der Waals surface area contributed by atoms with Crippen LogP contribution in [0.2, 0.25) is 0 Å². The molecule has 1 aliphatic heterocycles. The van der Waals surface area contributed by atoms with Gasteiger partial charge in [-0.2, -0.15) is 0 Å². The SMILES string of the molecule is COC(=O)[C@H]1C[NH+](Cc2ccccc2)CCC1=N. The predicted molar refractivity (Wildman–Crippen MR) is 68.7 cm³/mol. The van der Waals surface area contributed by atoms with Crippen LogP contribution in [0.5, 0.6) is 0 Å². The third-order valence-electron chi connectivity index (χ3n) is 3.44. The highest BCUT2D eigenvalue weighted by atomic mass is 16.5. The number of nitrogens with one attached hydrogen (secondary N) is 2. The topological polar surface area (TPSA) is 54.6 Å². The van der Waals surface area contributed by atoms with Gasteiger partial charge in [0.05, 0.1) is 20.2 Å². The number of likely N-dealkylation sites (tertiary alicyclic amines) is 1. The maximum absolute atomic E-state index is 11.6. The van der Waals surface area contributed by atoms with E-state index in [1.54, 1.807) is 0 Å². The molecule has 1 aromatic rings. The molecule has 0 saturated carbocycles. The number of carbonyl (C=O) groups is 1. The molecule has 1 fully saturated rings. The first-order valence-corrected chi connectivity index (χ1v) is 6.23. The summed E-state index contributed by atoms with van der Waals surface area (Å²) in [4.78, 5) is 12.9. The van der Waals surface area contributed by atoms with Crippen LogP contribution in [0.15, 0.2) is 30.3 Å². The van der Waals surface area contributed by atoms with Crippen LogP contribution < -0.4 is 4.90 Å². The smallest absolute Gasteiger partial charge is 0.320 e. The summed E-state index contributed by atoms with van der Waals surface area (Å²) in [5.41, 5.74) is 1.78. The number of methoxy groups -OCH3 is 1. The zero-order valence-electron chi connectivity index (χ0n) is 10.6. The standard InChI is InChI=1S/C14H18N2O2/c1-18-14(17)12-10-16(8-7-13(12)15)9-11-5-3-2-4-6-11/h2-6,12,15H,7-10H2,1H3/p+1/t12-/m0/s1. The van der Waals surface area contributed by atoms with Crippen LogP contribution in [-0.2, 0) is 16.1 Å². The van der Waals surface area contributed by atoms with Crippen LogP contribution in [0.3, 0.4) is 0 Å². The fourth-order valence-corrected chi connectivity index (χ4v) is 2.41. The van der Waals surface area contributed by atoms with Crippen LogP contribution in [0.1, 0.15) is 12.0 Å². The second-order valence-electron chi connectivity index (χ2n) is 4.72. The van der Waals surface area contributed by atoms with Crippen molar-refractivity contribution in [1.82, 2.24) is 0 Å². The summed E-state index contributed by atoms with van der Waals surface area (Å²) in [7, 11) is 1.39. The molecule has 1 aliphatic rings. The number of benzene rings is 1. The molecule has 2 rings (SSSR count). The Hall–Kier alpha value is -1.68. The minimum atomic E-state index is -0.359. The lowest BCUT2D eigenvalue weighted by molar-refractivity contribution is -0.917. The van der Waals surface area contributed by atoms with Crippen molar-refractivity contribution in [2.24, 2.45) is 5.92 Å². The second-order valence-corrected chi connectivity index (χ2v) is 4.72. The van der Waals surface area contributed by atoms with Crippen molar-refractivity contribution < 1.29 is 14.4 Å². The largest absolute Gasteiger partial charge is 0.468 e. The molecule has 1 unspecified atom stereocenters. The van der Waals surface area contributed by atoms with Crippen LogP contribution in [-0.4, -0.2) is 31.9 Å². The van der Waals surface area contributed by atoms with Crippen molar-refractivity contribution in [3.05, 3.63) is 35.9 Å². The van der Waals surface area contributed by atoms with Crippen molar-refractivity contribution in [3.63, 3.8) is 0 Å². The minimum Gasteiger partial charge on any atom is -0.468 e. The summed E-state index contributed by atoms with van der Waals surface area (Å²) < 4.78 is 4.77. The van der Waals surface area contributed by atoms with Gasteiger partial charge in [-0.3, -0.25) is 4.79 Å². The Labute approximate surface area is 107 Å². The first-order chi connectivity index (χ1) is 8.70. The van der Waals surface area contributed by atoms with E-state index in [9.17, 15) is 4.79 Å². The maximum Gasteiger partial charge on any atom is 0.320 e. The van der Waals surface area contributed by atoms with E-state index in [-0.39, 0.29) is 11.9 Å². The van der Waals surface area contributed by atoms with Crippen LogP contribution in [0.25, 0.3) is 0 Å². The van der Waals surface area contributed by atoms with Gasteiger partial charge in [0.1, 0.15) is 12.5 Å². The Bertz CT molecular complexity index is 423. The van der Waals surface area contributed by atoms with Gasteiger partial charge in [-0.15, -0.1) is 0 Å². The third-order valence-corrected chi connectivity index (χ3v) is 3.44. The molecule has 0 radical (unpaired) electrons. The van der Waals surface area contributed by atoms with E-state index in [1.165, 1.54) is 17.6 Å². The summed E-state index contributed by atoms with van der Waals surface area (Å²) in [6, 6.07) is 10.2. The summed E-state index contributed by atoms with van der Waals surface area (Å²) in [6.45, 7) is 2.49. The highest BCUT2D eigenvalue weighted by Gasteiger charge is 2.33. The van der Waals surface area contributed by atoms with E-state index < -0.39 is 0 Å². The molecule has 96 valence electrons. The molecule has 0 bridgehead atoms. The number of ether oxygens (including phenoxy) is 1. The second kappa shape index (κ2) is 5.78. The lowest BCUT2D eigenvalue weighted by Gasteiger charge is -2.29. The molecule has 0 aromatic heterocycles. The summed E-state index contributed by atoms with van der Waals surface area (Å²) >= 11 is 0. The van der Waals surface area contributed by atoms with E-state index in [1.807, 2.05) is 18.2 Å². The van der Waals surface area contributed by atoms with E-state index in [2.05, 4.69) is 12.1 Å². The average molecular weight is 247 g/mol. The highest BCUT2D eigenvalue weighted by Crippen LogP contribution is 2.06. The van der Waals surface area contributed by atoms with Gasteiger partial charge in [0.2, 0.25) is 0 Å². The fourth-order valence-electron chi connectivity index (χ4n) is 2.41. The molecule has 18 heavy (non-hydrogen) atoms. The van der Waals surface area contributed by atoms with Crippen molar-refractivity contribution in [1.29, 1.82) is 5.41 Å². The number of hydrogen-bond donors (Lipinski definition) is 2. The van der Waals surface area contributed by atoms with E-state index >= 15 is 0 Å². The van der Waals surface area contributed by atoms with Gasteiger partial charge in [0.25, 0.3) is 0 Å². The Balaban J connectivity index is 1.99. The number of piperidine rings is 1. The number of esters is 1. The van der Waals surface area contributed by atoms with Crippen molar-refractivity contribution in [2.75, 3.05) is 20.2 Å². The molecule has 0 spiro atoms. The zero-order chi connectivity index (χ0) is 13.0. The summed E-state index contributed by atoms with van der Waals surface area (Å²) in [6.07, 6.45) is 0.682. The molecule has 1 heterocycles. The highest BCUT2D eigenvalue weighted by molar-refractivity contribution is 6.00. The van der Waals surface area contributed by atoms with Crippen molar-refractivity contribution in [3.8, 4) is 0 Å². The van der Waals surface area contributed by atoms with Gasteiger partial charge in [0.15, 0.2) is 0 Å². The van der Waals surface area contributed by atoms with Crippen LogP contribution in [0, 0.1) is 11.3 Å². The molecule has 1 aromatic carbocycles. The molecular formula is C14H19N2O2+. The quantitative estimate of drug-likeness (QED) is 0.754. The Morgan fingerprint density at radius 2 is 2.17 bits per heavy atom. The third kappa shape index (κ3) is 2.96. The lowest BCUT2D eigenvalue weighted by atomic mass is 9.95. The van der Waals surface area contributed by atoms with Gasteiger partial charge < -0.3 is 15.0 Å². The van der Waals surface area contributed by atoms with E-state index in [4.69, 9.17) is 10.1 Å². The van der Waals surface area contributed by atoms with Gasteiger partial charge in [-0.25, -0.2) is 0 Å². The lowest BCUT2D eigenvalue weighted by Crippen LogP contribution is -3.13. The van der Waals surface area contributed by atoms with Crippen molar-refractivity contribution >= 4 is 11.7 Å². The first-order valence-electron chi connectivity index (χ1n) is 6.23. The predicted octanol–water partition coefficient (Wildman–Crippen LogP) is 0.284. The monoisotopic (exact) mass is 247 g/mol. The van der Waals surface area contributed by atoms with E-state index in [0.717, 1.165) is 13.1 Å². The van der Waals surface area contributed by atoms with Crippen LogP contribution in [0.4, 0.5) is 0 Å². The van der Waals surface area contributed by atoms with Gasteiger partial charge in [-0.05, 0) is 0 Å². The molecule has 4 nitrogen and oxygen atoms in total. The summed E-state index contributed by atoms with van der Waals surface area (Å²) in [5, 5.41) is 7.84. The molecule has 1 saturated heterocycles. The minimum absolute atomic E-state index is 0.273. The Kier molecular flexibility index (Phi) is 4.10. The van der Waals surface area contributed by atoms with Crippen molar-refractivity contribution in [2.45, 2.75) is 13.0 Å². The first kappa shape index (κ1) is 12.8. The van der Waals surface area contributed by atoms with Gasteiger partial charge >= 0.3 is 5.97 Å². The Morgan fingerprint density at radius 1 is 1.44 bits per heavy atom. The number of carbonyl (C=O) groups excluding carboxylic acids is 1. The molecule has 2 N–H and O–H groups in total. The molecule has 2 atom stereocenters. The normalized spacial score (nSPS) is 23.7. The maximum atomic E-state index is 11.6. The van der Waals surface area contributed by atoms with Crippen LogP contribution >= 0.6 is 0 Å². The molecule has 0 amide bonds. The average Bonchev–Trinajstić information content (AvgIpc) is 2.41. The van der Waals surface area contributed by atoms with E-state index in [0.29, 0.717) is 18.7 Å². The molecule has 0 aliphatic carbocycles. The van der Waals surface area contributed by atoms with Gasteiger partial charge in [0, 0.05) is 17.7 Å². The number of rotatable bonds is 3. The van der Waals surface area contributed by atoms with Gasteiger partial charge in [-0.1, -0.05) is 30.3 Å². The summed E-state index contributed by atoms with van der Waals surface area (Å²) in [5.74, 6) is -0.632.